The van der Waals surface area contributed by atoms with Gasteiger partial charge in [0, 0.05) is 6.07 Å². The number of amides is 1. The standard InChI is InChI=1S/C10H13N3O4/c1-3-6-4-7(10(14)12-11)9(17-2)8(5-6)13(15)16/h4-5H,3,11H2,1-2H3,(H,12,14). The topological polar surface area (TPSA) is 107 Å². The first-order valence-electron chi connectivity index (χ1n) is 4.91. The summed E-state index contributed by atoms with van der Waals surface area (Å²) in [5.41, 5.74) is 2.41. The number of nitro groups is 1. The Bertz CT molecular complexity index is 459. The molecule has 0 unspecified atom stereocenters. The molecule has 0 saturated carbocycles. The van der Waals surface area contributed by atoms with Crippen LogP contribution in [0.5, 0.6) is 5.75 Å². The molecule has 0 aromatic heterocycles. The van der Waals surface area contributed by atoms with Crippen LogP contribution in [0.3, 0.4) is 0 Å². The van der Waals surface area contributed by atoms with Gasteiger partial charge in [0.25, 0.3) is 5.91 Å². The van der Waals surface area contributed by atoms with Gasteiger partial charge < -0.3 is 4.74 Å². The molecule has 1 aromatic carbocycles. The van der Waals surface area contributed by atoms with Crippen molar-refractivity contribution >= 4 is 11.6 Å². The predicted octanol–water partition coefficient (Wildman–Crippen LogP) is 0.769. The van der Waals surface area contributed by atoms with E-state index in [4.69, 9.17) is 10.6 Å². The van der Waals surface area contributed by atoms with Crippen LogP contribution in [0.4, 0.5) is 5.69 Å². The number of methoxy groups -OCH3 is 1. The lowest BCUT2D eigenvalue weighted by Crippen LogP contribution is -2.30. The van der Waals surface area contributed by atoms with Crippen LogP contribution in [0.2, 0.25) is 0 Å². The molecule has 0 bridgehead atoms. The highest BCUT2D eigenvalue weighted by atomic mass is 16.6. The van der Waals surface area contributed by atoms with Gasteiger partial charge in [-0.05, 0) is 18.1 Å². The summed E-state index contributed by atoms with van der Waals surface area (Å²) in [5, 5.41) is 10.9. The van der Waals surface area contributed by atoms with Gasteiger partial charge in [-0.1, -0.05) is 6.92 Å². The number of ether oxygens (including phenoxy) is 1. The van der Waals surface area contributed by atoms with Crippen LogP contribution in [-0.4, -0.2) is 17.9 Å². The van der Waals surface area contributed by atoms with Crippen LogP contribution < -0.4 is 16.0 Å². The van der Waals surface area contributed by atoms with E-state index in [-0.39, 0.29) is 17.0 Å². The lowest BCUT2D eigenvalue weighted by atomic mass is 10.1. The first-order valence-corrected chi connectivity index (χ1v) is 4.91. The number of benzene rings is 1. The van der Waals surface area contributed by atoms with Crippen molar-refractivity contribution in [2.45, 2.75) is 13.3 Å². The maximum Gasteiger partial charge on any atom is 0.312 e. The fourth-order valence-corrected chi connectivity index (χ4v) is 1.47. The predicted molar refractivity (Wildman–Crippen MR) is 60.7 cm³/mol. The number of nitrogen functional groups attached to an aromatic ring is 1. The number of nitrogens with two attached hydrogens (primary N) is 1. The van der Waals surface area contributed by atoms with E-state index in [2.05, 4.69) is 0 Å². The largest absolute Gasteiger partial charge is 0.490 e. The summed E-state index contributed by atoms with van der Waals surface area (Å²) in [6.07, 6.45) is 0.565. The zero-order chi connectivity index (χ0) is 13.0. The lowest BCUT2D eigenvalue weighted by Gasteiger charge is -2.09. The van der Waals surface area contributed by atoms with Crippen LogP contribution in [0.1, 0.15) is 22.8 Å². The number of carbonyl (C=O) groups excluding carboxylic acids is 1. The molecule has 1 rings (SSSR count). The Labute approximate surface area is 97.7 Å². The molecule has 0 spiro atoms. The van der Waals surface area contributed by atoms with Gasteiger partial charge in [-0.3, -0.25) is 20.3 Å². The van der Waals surface area contributed by atoms with Crippen molar-refractivity contribution in [3.05, 3.63) is 33.4 Å². The van der Waals surface area contributed by atoms with Crippen molar-refractivity contribution in [3.63, 3.8) is 0 Å². The summed E-state index contributed by atoms with van der Waals surface area (Å²) in [6, 6.07) is 2.90. The smallest absolute Gasteiger partial charge is 0.312 e. The number of nitro benzene ring substituents is 1. The number of nitrogens with zero attached hydrogens (tertiary/aromatic N) is 1. The van der Waals surface area contributed by atoms with Crippen LogP contribution in [-0.2, 0) is 6.42 Å². The number of hydrogen-bond acceptors (Lipinski definition) is 5. The number of nitrogens with one attached hydrogen (secondary N) is 1. The third kappa shape index (κ3) is 2.51. The molecule has 17 heavy (non-hydrogen) atoms. The fourth-order valence-electron chi connectivity index (χ4n) is 1.47. The van der Waals surface area contributed by atoms with Crippen LogP contribution in [0, 0.1) is 10.1 Å². The molecule has 3 N–H and O–H groups in total. The van der Waals surface area contributed by atoms with Gasteiger partial charge in [0.2, 0.25) is 5.75 Å². The van der Waals surface area contributed by atoms with E-state index < -0.39 is 10.8 Å². The van der Waals surface area contributed by atoms with Gasteiger partial charge in [-0.15, -0.1) is 0 Å². The Morgan fingerprint density at radius 1 is 1.59 bits per heavy atom. The summed E-state index contributed by atoms with van der Waals surface area (Å²) in [6.45, 7) is 1.83. The van der Waals surface area contributed by atoms with E-state index in [0.29, 0.717) is 12.0 Å². The highest BCUT2D eigenvalue weighted by Crippen LogP contribution is 2.32. The molecule has 7 heteroatoms. The molecule has 0 saturated heterocycles. The van der Waals surface area contributed by atoms with Crippen molar-refractivity contribution in [3.8, 4) is 5.75 Å². The van der Waals surface area contributed by atoms with E-state index in [1.165, 1.54) is 19.2 Å². The second-order valence-electron chi connectivity index (χ2n) is 3.28. The average molecular weight is 239 g/mol. The number of aryl methyl sites for hydroxylation is 1. The van der Waals surface area contributed by atoms with Gasteiger partial charge in [-0.2, -0.15) is 0 Å². The van der Waals surface area contributed by atoms with E-state index in [9.17, 15) is 14.9 Å². The van der Waals surface area contributed by atoms with Gasteiger partial charge in [0.15, 0.2) is 0 Å². The van der Waals surface area contributed by atoms with Crippen molar-refractivity contribution < 1.29 is 14.5 Å². The molecule has 0 aliphatic rings. The number of hydrogen-bond donors (Lipinski definition) is 2. The molecule has 0 radical (unpaired) electrons. The maximum atomic E-state index is 11.5. The van der Waals surface area contributed by atoms with Gasteiger partial charge in [0.1, 0.15) is 0 Å². The Kier molecular flexibility index (Phi) is 4.00. The van der Waals surface area contributed by atoms with Crippen LogP contribution >= 0.6 is 0 Å². The van der Waals surface area contributed by atoms with Gasteiger partial charge >= 0.3 is 5.69 Å². The zero-order valence-electron chi connectivity index (χ0n) is 9.52. The van der Waals surface area contributed by atoms with Crippen molar-refractivity contribution in [1.82, 2.24) is 5.43 Å². The monoisotopic (exact) mass is 239 g/mol. The number of hydrazine groups is 1. The van der Waals surface area contributed by atoms with E-state index in [0.717, 1.165) is 0 Å². The molecule has 0 fully saturated rings. The molecule has 0 atom stereocenters. The first-order chi connectivity index (χ1) is 8.04. The number of carbonyl (C=O) groups is 1. The molecular weight excluding hydrogens is 226 g/mol. The Hall–Kier alpha value is -2.15. The highest BCUT2D eigenvalue weighted by molar-refractivity contribution is 5.98. The van der Waals surface area contributed by atoms with Gasteiger partial charge in [-0.25, -0.2) is 5.84 Å². The van der Waals surface area contributed by atoms with Crippen LogP contribution in [0.25, 0.3) is 0 Å². The van der Waals surface area contributed by atoms with Crippen molar-refractivity contribution in [2.75, 3.05) is 7.11 Å². The third-order valence-corrected chi connectivity index (χ3v) is 2.31. The lowest BCUT2D eigenvalue weighted by molar-refractivity contribution is -0.385. The molecule has 7 nitrogen and oxygen atoms in total. The summed E-state index contributed by atoms with van der Waals surface area (Å²) in [5.74, 6) is 4.31. The minimum absolute atomic E-state index is 0.0565. The SMILES string of the molecule is CCc1cc(C(=O)NN)c(OC)c([N+](=O)[O-])c1. The second kappa shape index (κ2) is 5.26. The molecule has 1 aromatic rings. The van der Waals surface area contributed by atoms with Crippen LogP contribution in [0.15, 0.2) is 12.1 Å². The number of rotatable bonds is 4. The Balaban J connectivity index is 3.50. The first kappa shape index (κ1) is 12.9. The highest BCUT2D eigenvalue weighted by Gasteiger charge is 2.23. The van der Waals surface area contributed by atoms with Gasteiger partial charge in [0.05, 0.1) is 17.6 Å². The minimum atomic E-state index is -0.625. The minimum Gasteiger partial charge on any atom is -0.490 e. The molecule has 0 aliphatic carbocycles. The molecular formula is C10H13N3O4. The summed E-state index contributed by atoms with van der Waals surface area (Å²) < 4.78 is 4.90. The molecule has 1 amide bonds. The maximum absolute atomic E-state index is 11.5. The average Bonchev–Trinajstić information content (AvgIpc) is 2.35. The normalized spacial score (nSPS) is 9.82. The fraction of sp³-hybridized carbons (Fsp3) is 0.300. The summed E-state index contributed by atoms with van der Waals surface area (Å²) in [7, 11) is 1.27. The zero-order valence-corrected chi connectivity index (χ0v) is 9.52. The van der Waals surface area contributed by atoms with E-state index in [1.54, 1.807) is 0 Å². The third-order valence-electron chi connectivity index (χ3n) is 2.31. The van der Waals surface area contributed by atoms with E-state index in [1.807, 2.05) is 12.3 Å². The summed E-state index contributed by atoms with van der Waals surface area (Å²) >= 11 is 0. The second-order valence-corrected chi connectivity index (χ2v) is 3.28. The van der Waals surface area contributed by atoms with Crippen molar-refractivity contribution in [1.29, 1.82) is 0 Å². The van der Waals surface area contributed by atoms with Crippen molar-refractivity contribution in [2.24, 2.45) is 5.84 Å². The molecule has 92 valence electrons. The molecule has 0 aliphatic heterocycles. The Morgan fingerprint density at radius 2 is 2.24 bits per heavy atom. The molecule has 0 heterocycles. The van der Waals surface area contributed by atoms with E-state index >= 15 is 0 Å². The Morgan fingerprint density at radius 3 is 2.65 bits per heavy atom. The summed E-state index contributed by atoms with van der Waals surface area (Å²) in [4.78, 5) is 21.8. The quantitative estimate of drug-likeness (QED) is 0.349.